The van der Waals surface area contributed by atoms with Crippen molar-refractivity contribution in [3.05, 3.63) is 54.7 Å². The molecule has 0 saturated carbocycles. The smallest absolute Gasteiger partial charge is 0.303 e. The maximum absolute atomic E-state index is 15.5. The van der Waals surface area contributed by atoms with Crippen LogP contribution in [0.15, 0.2) is 54.1 Å². The molecule has 2 unspecified atom stereocenters. The van der Waals surface area contributed by atoms with E-state index in [2.05, 4.69) is 19.9 Å². The zero-order valence-electron chi connectivity index (χ0n) is 21.3. The zero-order valence-corrected chi connectivity index (χ0v) is 22.1. The number of piperidine rings is 1. The summed E-state index contributed by atoms with van der Waals surface area (Å²) in [5.74, 6) is 1.50. The van der Waals surface area contributed by atoms with Crippen molar-refractivity contribution < 1.29 is 19.0 Å². The quantitative estimate of drug-likeness (QED) is 0.221. The molecular formula is C28H35FN4O3S. The minimum atomic E-state index is -1.10. The van der Waals surface area contributed by atoms with Crippen LogP contribution in [0.25, 0.3) is 10.9 Å². The highest BCUT2D eigenvalue weighted by atomic mass is 32.2. The fraction of sp³-hybridized carbons (Fsp3) is 0.500. The van der Waals surface area contributed by atoms with Crippen LogP contribution in [0.1, 0.15) is 50.3 Å². The van der Waals surface area contributed by atoms with E-state index >= 15 is 4.39 Å². The lowest BCUT2D eigenvalue weighted by Gasteiger charge is -2.39. The number of carbonyl (C=O) groups is 1. The largest absolute Gasteiger partial charge is 0.497 e. The summed E-state index contributed by atoms with van der Waals surface area (Å²) in [7, 11) is 1.60. The van der Waals surface area contributed by atoms with Crippen molar-refractivity contribution in [2.24, 2.45) is 11.8 Å². The second-order valence-electron chi connectivity index (χ2n) is 9.65. The first-order chi connectivity index (χ1) is 18.0. The van der Waals surface area contributed by atoms with Gasteiger partial charge in [-0.15, -0.1) is 11.8 Å². The lowest BCUT2D eigenvalue weighted by molar-refractivity contribution is -0.137. The van der Waals surface area contributed by atoms with Crippen molar-refractivity contribution in [3.63, 3.8) is 0 Å². The predicted octanol–water partition coefficient (Wildman–Crippen LogP) is 5.81. The number of benzene rings is 1. The fourth-order valence-electron chi connectivity index (χ4n) is 5.28. The van der Waals surface area contributed by atoms with Crippen molar-refractivity contribution in [3.8, 4) is 5.75 Å². The van der Waals surface area contributed by atoms with Crippen molar-refractivity contribution >= 4 is 28.6 Å². The number of hydrogen-bond acceptors (Lipinski definition) is 7. The summed E-state index contributed by atoms with van der Waals surface area (Å²) in [5.41, 5.74) is 1.40. The maximum atomic E-state index is 15.5. The number of hydrogen-bond donors (Lipinski definition) is 1. The molecule has 0 aliphatic carbocycles. The van der Waals surface area contributed by atoms with Crippen LogP contribution >= 0.6 is 11.8 Å². The number of alkyl halides is 1. The van der Waals surface area contributed by atoms with Gasteiger partial charge in [-0.2, -0.15) is 0 Å². The Hall–Kier alpha value is -2.78. The molecule has 1 aromatic carbocycles. The molecule has 3 atom stereocenters. The Balaban J connectivity index is 1.32. The Kier molecular flexibility index (Phi) is 10.1. The number of thioether (sulfide) groups is 1. The van der Waals surface area contributed by atoms with E-state index in [0.29, 0.717) is 30.1 Å². The van der Waals surface area contributed by atoms with E-state index in [1.54, 1.807) is 31.1 Å². The minimum Gasteiger partial charge on any atom is -0.497 e. The molecular weight excluding hydrogens is 491 g/mol. The number of nitrogens with zero attached hydrogens (tertiary/aromatic N) is 4. The van der Waals surface area contributed by atoms with Crippen molar-refractivity contribution in [2.45, 2.75) is 49.6 Å². The fourth-order valence-corrected chi connectivity index (χ4v) is 6.06. The van der Waals surface area contributed by atoms with Crippen LogP contribution in [-0.4, -0.2) is 63.4 Å². The van der Waals surface area contributed by atoms with Crippen molar-refractivity contribution in [1.29, 1.82) is 0 Å². The Morgan fingerprint density at radius 2 is 2.08 bits per heavy atom. The highest BCUT2D eigenvalue weighted by molar-refractivity contribution is 7.99. The Morgan fingerprint density at radius 1 is 1.24 bits per heavy atom. The van der Waals surface area contributed by atoms with Gasteiger partial charge in [0.1, 0.15) is 18.2 Å². The van der Waals surface area contributed by atoms with Gasteiger partial charge in [0.25, 0.3) is 0 Å². The van der Waals surface area contributed by atoms with E-state index in [4.69, 9.17) is 4.74 Å². The van der Waals surface area contributed by atoms with E-state index in [9.17, 15) is 9.90 Å². The van der Waals surface area contributed by atoms with E-state index < -0.39 is 12.1 Å². The summed E-state index contributed by atoms with van der Waals surface area (Å²) < 4.78 is 20.9. The third-order valence-corrected chi connectivity index (χ3v) is 8.28. The summed E-state index contributed by atoms with van der Waals surface area (Å²) in [6.07, 6.45) is 9.73. The van der Waals surface area contributed by atoms with Crippen LogP contribution in [-0.2, 0) is 4.79 Å². The van der Waals surface area contributed by atoms with Gasteiger partial charge in [0.2, 0.25) is 0 Å². The number of halogens is 1. The van der Waals surface area contributed by atoms with Gasteiger partial charge in [0, 0.05) is 41.8 Å². The molecule has 3 aromatic rings. The number of aliphatic carboxylic acids is 1. The molecule has 0 amide bonds. The number of aromatic nitrogens is 3. The third kappa shape index (κ3) is 7.85. The molecule has 0 radical (unpaired) electrons. The lowest BCUT2D eigenvalue weighted by atomic mass is 9.79. The molecule has 3 heterocycles. The normalized spacial score (nSPS) is 19.1. The van der Waals surface area contributed by atoms with E-state index in [1.807, 2.05) is 30.6 Å². The number of ether oxygens (including phenoxy) is 1. The maximum Gasteiger partial charge on any atom is 0.303 e. The molecule has 0 spiro atoms. The predicted molar refractivity (Wildman–Crippen MR) is 144 cm³/mol. The molecule has 1 aliphatic rings. The molecule has 198 valence electrons. The van der Waals surface area contributed by atoms with Crippen LogP contribution in [0.5, 0.6) is 5.75 Å². The van der Waals surface area contributed by atoms with Gasteiger partial charge < -0.3 is 14.7 Å². The third-order valence-electron chi connectivity index (χ3n) is 7.24. The Morgan fingerprint density at radius 3 is 2.86 bits per heavy atom. The number of methoxy groups -OCH3 is 1. The average Bonchev–Trinajstić information content (AvgIpc) is 2.93. The Bertz CT molecular complexity index is 1150. The second-order valence-corrected chi connectivity index (χ2v) is 10.8. The van der Waals surface area contributed by atoms with Crippen molar-refractivity contribution in [1.82, 2.24) is 19.9 Å². The molecule has 0 bridgehead atoms. The lowest BCUT2D eigenvalue weighted by Crippen LogP contribution is -2.41. The average molecular weight is 527 g/mol. The monoisotopic (exact) mass is 526 g/mol. The number of carboxylic acids is 1. The van der Waals surface area contributed by atoms with E-state index in [0.717, 1.165) is 60.4 Å². The van der Waals surface area contributed by atoms with Gasteiger partial charge in [-0.3, -0.25) is 9.78 Å². The van der Waals surface area contributed by atoms with Crippen LogP contribution in [0.4, 0.5) is 4.39 Å². The number of pyridine rings is 1. The zero-order chi connectivity index (χ0) is 26.0. The summed E-state index contributed by atoms with van der Waals surface area (Å²) in [6, 6.07) is 7.30. The van der Waals surface area contributed by atoms with E-state index in [1.165, 1.54) is 6.33 Å². The first-order valence-electron chi connectivity index (χ1n) is 12.9. The summed E-state index contributed by atoms with van der Waals surface area (Å²) >= 11 is 1.75. The molecule has 7 nitrogen and oxygen atoms in total. The molecule has 37 heavy (non-hydrogen) atoms. The van der Waals surface area contributed by atoms with Crippen LogP contribution < -0.4 is 4.74 Å². The topological polar surface area (TPSA) is 88.4 Å². The SMILES string of the molecule is COc1ccc2nccc([C@@H](F)CCC3CCN(CCCSc4cncnc4)CC3CCC(=O)O)c2c1. The highest BCUT2D eigenvalue weighted by Gasteiger charge is 2.30. The van der Waals surface area contributed by atoms with E-state index in [-0.39, 0.29) is 12.3 Å². The summed E-state index contributed by atoms with van der Waals surface area (Å²) in [5, 5.41) is 10.1. The van der Waals surface area contributed by atoms with Gasteiger partial charge in [-0.05, 0) is 92.6 Å². The van der Waals surface area contributed by atoms with Crippen LogP contribution in [0.2, 0.25) is 0 Å². The van der Waals surface area contributed by atoms with Crippen LogP contribution in [0.3, 0.4) is 0 Å². The molecule has 1 aliphatic heterocycles. The summed E-state index contributed by atoms with van der Waals surface area (Å²) in [4.78, 5) is 27.3. The first-order valence-corrected chi connectivity index (χ1v) is 13.9. The highest BCUT2D eigenvalue weighted by Crippen LogP contribution is 2.36. The van der Waals surface area contributed by atoms with Gasteiger partial charge in [-0.1, -0.05) is 0 Å². The first kappa shape index (κ1) is 27.3. The van der Waals surface area contributed by atoms with Crippen molar-refractivity contribution in [2.75, 3.05) is 32.5 Å². The van der Waals surface area contributed by atoms with Gasteiger partial charge in [0.15, 0.2) is 0 Å². The molecule has 9 heteroatoms. The number of carboxylic acid groups (broad SMARTS) is 1. The van der Waals surface area contributed by atoms with Gasteiger partial charge in [-0.25, -0.2) is 14.4 Å². The second kappa shape index (κ2) is 13.7. The van der Waals surface area contributed by atoms with Gasteiger partial charge in [0.05, 0.1) is 12.6 Å². The summed E-state index contributed by atoms with van der Waals surface area (Å²) in [6.45, 7) is 2.83. The standard InChI is InChI=1S/C28H35FN4O3S/c1-36-22-5-7-27-25(15-22)24(9-11-32-27)26(29)6-3-20-10-13-33(18-21(20)4-8-28(34)35)12-2-14-37-23-16-30-19-31-17-23/h5,7,9,11,15-17,19-21,26H,2-4,6,8,10,12-14,18H2,1H3,(H,34,35)/t20?,21?,26-/m0/s1. The van der Waals surface area contributed by atoms with Crippen LogP contribution in [0, 0.1) is 11.8 Å². The Labute approximate surface area is 221 Å². The number of rotatable bonds is 13. The molecule has 1 fully saturated rings. The van der Waals surface area contributed by atoms with Gasteiger partial charge >= 0.3 is 5.97 Å². The molecule has 2 aromatic heterocycles. The molecule has 1 saturated heterocycles. The molecule has 1 N–H and O–H groups in total. The minimum absolute atomic E-state index is 0.159. The number of likely N-dealkylation sites (tertiary alicyclic amines) is 1. The number of fused-ring (bicyclic) bond motifs is 1. The molecule has 4 rings (SSSR count).